The van der Waals surface area contributed by atoms with Gasteiger partial charge >= 0.3 is 17.1 Å². The second-order valence-electron chi connectivity index (χ2n) is 4.83. The zero-order chi connectivity index (χ0) is 20.5. The zero-order valence-electron chi connectivity index (χ0n) is 16.1. The Morgan fingerprint density at radius 1 is 0.645 bits per heavy atom. The summed E-state index contributed by atoms with van der Waals surface area (Å²) in [6, 6.07) is 16.1. The minimum atomic E-state index is -1.13. The van der Waals surface area contributed by atoms with Crippen molar-refractivity contribution >= 4 is 11.9 Å². The monoisotopic (exact) mass is 477 g/mol. The fraction of sp³-hybridized carbons (Fsp3) is 0. The van der Waals surface area contributed by atoms with E-state index in [0.29, 0.717) is 0 Å². The summed E-state index contributed by atoms with van der Waals surface area (Å²) >= 11 is 0. The standard InChI is InChI=1S/2C7H6O2.2C3H4N2.Cu.2H2O/c2*8-7(9)6-4-2-1-3-5-6;2*1-2-5-3-4-1;;;/h2*1-5H,(H,8,9);2*1-3H,(H,4,5);;2*1H2/q;;;;+2;;/p-2. The maximum atomic E-state index is 10.1. The Morgan fingerprint density at radius 2 is 0.968 bits per heavy atom. The van der Waals surface area contributed by atoms with Gasteiger partial charge in [-0.25, -0.2) is 9.97 Å². The fourth-order valence-corrected chi connectivity index (χ4v) is 1.58. The number of H-pyrrole nitrogens is 2. The number of benzene rings is 2. The average Bonchev–Trinajstić information content (AvgIpc) is 3.48. The quantitative estimate of drug-likeness (QED) is 0.356. The van der Waals surface area contributed by atoms with Gasteiger partial charge < -0.3 is 40.7 Å². The number of nitrogens with zero attached hydrogens (tertiary/aromatic N) is 2. The van der Waals surface area contributed by atoms with Crippen LogP contribution in [0.15, 0.2) is 98.1 Å². The van der Waals surface area contributed by atoms with Crippen LogP contribution in [0.5, 0.6) is 0 Å². The summed E-state index contributed by atoms with van der Waals surface area (Å²) in [7, 11) is 0. The van der Waals surface area contributed by atoms with Gasteiger partial charge in [0.1, 0.15) is 0 Å². The first-order valence-corrected chi connectivity index (χ1v) is 7.99. The van der Waals surface area contributed by atoms with E-state index in [9.17, 15) is 19.8 Å². The van der Waals surface area contributed by atoms with Crippen LogP contribution >= 0.6 is 0 Å². The Balaban J connectivity index is -0.000000337. The van der Waals surface area contributed by atoms with Gasteiger partial charge in [0.2, 0.25) is 0 Å². The van der Waals surface area contributed by atoms with E-state index in [-0.39, 0.29) is 39.1 Å². The first kappa shape index (κ1) is 31.9. The first-order chi connectivity index (χ1) is 13.6. The molecule has 31 heavy (non-hydrogen) atoms. The molecule has 169 valence electrons. The van der Waals surface area contributed by atoms with Crippen molar-refractivity contribution in [1.82, 2.24) is 19.9 Å². The van der Waals surface area contributed by atoms with Crippen LogP contribution in [0, 0.1) is 0 Å². The average molecular weight is 478 g/mol. The SMILES string of the molecule is O.O.O=C([O-])c1ccccc1.O=C([O-])c1ccccc1.[Cu+2].c1c[nH]cn1.c1c[nH]cn1. The molecule has 10 nitrogen and oxygen atoms in total. The fourth-order valence-electron chi connectivity index (χ4n) is 1.58. The van der Waals surface area contributed by atoms with Gasteiger partial charge in [-0.1, -0.05) is 60.7 Å². The van der Waals surface area contributed by atoms with E-state index < -0.39 is 11.9 Å². The molecule has 0 bridgehead atoms. The number of rotatable bonds is 2. The minimum absolute atomic E-state index is 0. The molecule has 6 N–H and O–H groups in total. The third kappa shape index (κ3) is 16.9. The van der Waals surface area contributed by atoms with Crippen molar-refractivity contribution in [1.29, 1.82) is 0 Å². The summed E-state index contributed by atoms with van der Waals surface area (Å²) in [4.78, 5) is 33.0. The molecule has 0 unspecified atom stereocenters. The predicted molar refractivity (Wildman–Crippen MR) is 106 cm³/mol. The normalized spacial score (nSPS) is 7.74. The van der Waals surface area contributed by atoms with Crippen LogP contribution in [-0.4, -0.2) is 42.8 Å². The van der Waals surface area contributed by atoms with Crippen LogP contribution in [-0.2, 0) is 17.1 Å². The summed E-state index contributed by atoms with van der Waals surface area (Å²) in [5, 5.41) is 20.2. The summed E-state index contributed by atoms with van der Waals surface area (Å²) < 4.78 is 0. The molecule has 0 aliphatic rings. The molecule has 0 fully saturated rings. The Bertz CT molecular complexity index is 767. The number of hydrogen-bond donors (Lipinski definition) is 2. The van der Waals surface area contributed by atoms with Crippen LogP contribution in [0.25, 0.3) is 0 Å². The van der Waals surface area contributed by atoms with E-state index in [1.165, 1.54) is 24.3 Å². The number of hydrogen-bond acceptors (Lipinski definition) is 6. The van der Waals surface area contributed by atoms with Crippen molar-refractivity contribution < 1.29 is 47.8 Å². The predicted octanol–water partition coefficient (Wildman–Crippen LogP) is -0.732. The van der Waals surface area contributed by atoms with Crippen LogP contribution in [0.1, 0.15) is 20.7 Å². The van der Waals surface area contributed by atoms with Gasteiger partial charge in [-0.3, -0.25) is 0 Å². The van der Waals surface area contributed by atoms with Gasteiger partial charge in [0.05, 0.1) is 24.6 Å². The molecule has 4 rings (SSSR count). The summed E-state index contributed by atoms with van der Waals surface area (Å²) in [5.74, 6) is -2.26. The molecule has 0 saturated carbocycles. The van der Waals surface area contributed by atoms with Crippen LogP contribution < -0.4 is 10.2 Å². The van der Waals surface area contributed by atoms with Crippen molar-refractivity contribution in [3.05, 3.63) is 109 Å². The molecule has 11 heteroatoms. The van der Waals surface area contributed by atoms with Gasteiger partial charge in [0.25, 0.3) is 0 Å². The molecule has 1 radical (unpaired) electrons. The Morgan fingerprint density at radius 3 is 1.10 bits per heavy atom. The van der Waals surface area contributed by atoms with Gasteiger partial charge in [-0.15, -0.1) is 0 Å². The van der Waals surface area contributed by atoms with Crippen LogP contribution in [0.2, 0.25) is 0 Å². The number of carboxylic acid groups (broad SMARTS) is 2. The maximum absolute atomic E-state index is 10.1. The van der Waals surface area contributed by atoms with E-state index in [1.807, 2.05) is 0 Å². The number of aromatic amines is 2. The van der Waals surface area contributed by atoms with E-state index in [4.69, 9.17) is 0 Å². The molecule has 0 saturated heterocycles. The summed E-state index contributed by atoms with van der Waals surface area (Å²) in [5.41, 5.74) is 0.440. The van der Waals surface area contributed by atoms with E-state index in [0.717, 1.165) is 0 Å². The molecule has 2 aromatic heterocycles. The zero-order valence-corrected chi connectivity index (χ0v) is 17.0. The number of carbonyl (C=O) groups is 2. The molecule has 0 spiro atoms. The van der Waals surface area contributed by atoms with Crippen LogP contribution in [0.4, 0.5) is 0 Å². The maximum Gasteiger partial charge on any atom is 2.00 e. The molecular formula is C20H22CuN4O6. The first-order valence-electron chi connectivity index (χ1n) is 7.99. The topological polar surface area (TPSA) is 201 Å². The molecule has 0 aliphatic heterocycles. The molecule has 4 aromatic rings. The van der Waals surface area contributed by atoms with Crippen molar-refractivity contribution in [2.45, 2.75) is 0 Å². The Kier molecular flexibility index (Phi) is 21.6. The number of carbonyl (C=O) groups excluding carboxylic acids is 2. The molecule has 2 heterocycles. The largest absolute Gasteiger partial charge is 2.00 e. The second kappa shape index (κ2) is 21.0. The van der Waals surface area contributed by atoms with Crippen molar-refractivity contribution in [2.24, 2.45) is 0 Å². The summed E-state index contributed by atoms with van der Waals surface area (Å²) in [6.45, 7) is 0. The molecule has 0 aliphatic carbocycles. The number of carboxylic acids is 2. The molecular weight excluding hydrogens is 456 g/mol. The van der Waals surface area contributed by atoms with Crippen molar-refractivity contribution in [3.8, 4) is 0 Å². The third-order valence-electron chi connectivity index (χ3n) is 2.83. The van der Waals surface area contributed by atoms with Crippen LogP contribution in [0.3, 0.4) is 0 Å². The van der Waals surface area contributed by atoms with E-state index in [2.05, 4.69) is 19.9 Å². The number of imidazole rings is 2. The Hall–Kier alpha value is -3.76. The number of nitrogens with one attached hydrogen (secondary N) is 2. The molecule has 2 aromatic carbocycles. The number of aromatic nitrogens is 4. The van der Waals surface area contributed by atoms with Gasteiger partial charge in [-0.2, -0.15) is 0 Å². The van der Waals surface area contributed by atoms with Crippen molar-refractivity contribution in [2.75, 3.05) is 0 Å². The van der Waals surface area contributed by atoms with Gasteiger partial charge in [0.15, 0.2) is 0 Å². The second-order valence-corrected chi connectivity index (χ2v) is 4.83. The van der Waals surface area contributed by atoms with E-state index in [1.54, 1.807) is 73.8 Å². The minimum Gasteiger partial charge on any atom is -0.545 e. The van der Waals surface area contributed by atoms with Gasteiger partial charge in [-0.05, 0) is 11.1 Å². The summed E-state index contributed by atoms with van der Waals surface area (Å²) in [6.07, 6.45) is 10.2. The van der Waals surface area contributed by atoms with Crippen molar-refractivity contribution in [3.63, 3.8) is 0 Å². The third-order valence-corrected chi connectivity index (χ3v) is 2.83. The van der Waals surface area contributed by atoms with Gasteiger partial charge in [0, 0.05) is 24.8 Å². The Labute approximate surface area is 189 Å². The molecule has 0 atom stereocenters. The smallest absolute Gasteiger partial charge is 0.545 e. The van der Waals surface area contributed by atoms with E-state index >= 15 is 0 Å². The number of aromatic carboxylic acids is 2. The molecule has 0 amide bonds.